The van der Waals surface area contributed by atoms with E-state index in [1.165, 1.54) is 28.9 Å². The minimum Gasteiger partial charge on any atom is -0.465 e. The van der Waals surface area contributed by atoms with E-state index in [9.17, 15) is 9.90 Å². The van der Waals surface area contributed by atoms with Crippen molar-refractivity contribution in [1.29, 1.82) is 0 Å². The molecule has 4 heteroatoms. The van der Waals surface area contributed by atoms with Crippen molar-refractivity contribution in [3.8, 4) is 0 Å². The maximum Gasteiger partial charge on any atom is 0.411 e. The Labute approximate surface area is 154 Å². The molecule has 26 heavy (non-hydrogen) atoms. The van der Waals surface area contributed by atoms with Gasteiger partial charge in [0.1, 0.15) is 0 Å². The number of benzene rings is 1. The quantitative estimate of drug-likeness (QED) is 0.837. The number of nitrogens with zero attached hydrogens (tertiary/aromatic N) is 2. The molecule has 4 atom stereocenters. The molecule has 0 radical (unpaired) electrons. The van der Waals surface area contributed by atoms with Crippen molar-refractivity contribution < 1.29 is 9.90 Å². The number of amides is 1. The molecule has 1 aromatic rings. The summed E-state index contributed by atoms with van der Waals surface area (Å²) >= 11 is 0. The van der Waals surface area contributed by atoms with Gasteiger partial charge < -0.3 is 5.11 Å². The van der Waals surface area contributed by atoms with E-state index in [2.05, 4.69) is 54.3 Å². The Morgan fingerprint density at radius 1 is 1.19 bits per heavy atom. The molecular formula is C22H24N2O2. The predicted molar refractivity (Wildman–Crippen MR) is 102 cm³/mol. The van der Waals surface area contributed by atoms with E-state index in [0.29, 0.717) is 18.5 Å². The van der Waals surface area contributed by atoms with E-state index in [-0.39, 0.29) is 12.0 Å². The molecule has 1 amide bonds. The first-order valence-corrected chi connectivity index (χ1v) is 9.56. The molecule has 4 nitrogen and oxygen atoms in total. The Kier molecular flexibility index (Phi) is 3.57. The van der Waals surface area contributed by atoms with Crippen LogP contribution in [0.25, 0.3) is 5.57 Å². The Morgan fingerprint density at radius 3 is 2.77 bits per heavy atom. The Hall–Kier alpha value is -2.33. The fourth-order valence-electron chi connectivity index (χ4n) is 5.40. The maximum absolute atomic E-state index is 11.8. The smallest absolute Gasteiger partial charge is 0.411 e. The van der Waals surface area contributed by atoms with Gasteiger partial charge in [0, 0.05) is 30.7 Å². The average Bonchev–Trinajstić information content (AvgIpc) is 2.98. The first kappa shape index (κ1) is 15.9. The van der Waals surface area contributed by atoms with Gasteiger partial charge in [0.05, 0.1) is 0 Å². The van der Waals surface area contributed by atoms with Gasteiger partial charge in [-0.05, 0) is 48.9 Å². The van der Waals surface area contributed by atoms with E-state index in [1.807, 2.05) is 6.20 Å². The number of allylic oxidation sites excluding steroid dienone is 2. The van der Waals surface area contributed by atoms with Crippen LogP contribution >= 0.6 is 0 Å². The summed E-state index contributed by atoms with van der Waals surface area (Å²) in [5, 5.41) is 9.68. The van der Waals surface area contributed by atoms with Gasteiger partial charge in [-0.2, -0.15) is 0 Å². The summed E-state index contributed by atoms with van der Waals surface area (Å²) in [5.41, 5.74) is 4.96. The van der Waals surface area contributed by atoms with Crippen molar-refractivity contribution >= 4 is 11.7 Å². The summed E-state index contributed by atoms with van der Waals surface area (Å²) in [6.45, 7) is 3.75. The van der Waals surface area contributed by atoms with Crippen LogP contribution in [0.3, 0.4) is 0 Å². The molecule has 0 saturated carbocycles. The van der Waals surface area contributed by atoms with Gasteiger partial charge in [0.15, 0.2) is 0 Å². The van der Waals surface area contributed by atoms with E-state index < -0.39 is 6.09 Å². The first-order valence-electron chi connectivity index (χ1n) is 9.56. The van der Waals surface area contributed by atoms with Gasteiger partial charge in [-0.15, -0.1) is 0 Å². The number of hydrogen-bond donors (Lipinski definition) is 1. The average molecular weight is 348 g/mol. The summed E-state index contributed by atoms with van der Waals surface area (Å²) in [7, 11) is 0. The molecule has 0 spiro atoms. The van der Waals surface area contributed by atoms with Crippen LogP contribution in [0.2, 0.25) is 0 Å². The van der Waals surface area contributed by atoms with E-state index >= 15 is 0 Å². The van der Waals surface area contributed by atoms with Crippen LogP contribution in [0, 0.1) is 18.8 Å². The Bertz CT molecular complexity index is 836. The van der Waals surface area contributed by atoms with Gasteiger partial charge in [-0.3, -0.25) is 9.80 Å². The second-order valence-electron chi connectivity index (χ2n) is 7.98. The zero-order valence-electron chi connectivity index (χ0n) is 15.0. The number of carbonyl (C=O) groups is 1. The monoisotopic (exact) mass is 348 g/mol. The fourth-order valence-corrected chi connectivity index (χ4v) is 5.40. The largest absolute Gasteiger partial charge is 0.465 e. The van der Waals surface area contributed by atoms with Crippen LogP contribution < -0.4 is 0 Å². The van der Waals surface area contributed by atoms with Crippen LogP contribution in [0.15, 0.2) is 54.3 Å². The molecular weight excluding hydrogens is 324 g/mol. The molecule has 3 heterocycles. The van der Waals surface area contributed by atoms with Crippen molar-refractivity contribution in [3.05, 3.63) is 65.4 Å². The standard InChI is InChI=1S/C22H24N2O2/c1-14-7-9-15(10-8-14)18-12-23(22(25)26)13-19-17-6-2-4-16-5-3-11-24(20(16)17)21(18)19/h2,4,6-10,12,16,19-21H,3,5,11,13H2,1H3,(H,25,26). The van der Waals surface area contributed by atoms with E-state index in [1.54, 1.807) is 0 Å². The molecule has 5 rings (SSSR count). The fraction of sp³-hybridized carbons (Fsp3) is 0.409. The zero-order chi connectivity index (χ0) is 17.8. The summed E-state index contributed by atoms with van der Waals surface area (Å²) in [4.78, 5) is 15.9. The molecule has 2 fully saturated rings. The topological polar surface area (TPSA) is 43.8 Å². The molecule has 134 valence electrons. The summed E-state index contributed by atoms with van der Waals surface area (Å²) < 4.78 is 0. The maximum atomic E-state index is 11.8. The lowest BCUT2D eigenvalue weighted by atomic mass is 9.79. The van der Waals surface area contributed by atoms with Gasteiger partial charge >= 0.3 is 6.09 Å². The third-order valence-electron chi connectivity index (χ3n) is 6.51. The van der Waals surface area contributed by atoms with Crippen molar-refractivity contribution in [3.63, 3.8) is 0 Å². The van der Waals surface area contributed by atoms with E-state index in [4.69, 9.17) is 0 Å². The highest BCUT2D eigenvalue weighted by Crippen LogP contribution is 2.50. The lowest BCUT2D eigenvalue weighted by Gasteiger charge is -2.41. The molecule has 2 saturated heterocycles. The highest BCUT2D eigenvalue weighted by Gasteiger charge is 2.52. The lowest BCUT2D eigenvalue weighted by molar-refractivity contribution is 0.128. The molecule has 1 N–H and O–H groups in total. The van der Waals surface area contributed by atoms with Crippen LogP contribution in [-0.4, -0.2) is 46.2 Å². The predicted octanol–water partition coefficient (Wildman–Crippen LogP) is 3.90. The van der Waals surface area contributed by atoms with Gasteiger partial charge in [0.25, 0.3) is 0 Å². The summed E-state index contributed by atoms with van der Waals surface area (Å²) in [6.07, 6.45) is 10.3. The number of carboxylic acid groups (broad SMARTS) is 1. The zero-order valence-corrected chi connectivity index (χ0v) is 15.0. The molecule has 0 aromatic heterocycles. The molecule has 4 aliphatic rings. The van der Waals surface area contributed by atoms with Crippen LogP contribution in [0.1, 0.15) is 24.0 Å². The first-order chi connectivity index (χ1) is 12.6. The number of hydrogen-bond acceptors (Lipinski definition) is 2. The summed E-state index contributed by atoms with van der Waals surface area (Å²) in [6, 6.07) is 9.25. The molecule has 0 bridgehead atoms. The molecule has 1 aromatic carbocycles. The number of aryl methyl sites for hydroxylation is 1. The molecule has 4 unspecified atom stereocenters. The SMILES string of the molecule is Cc1ccc(C2=CN(C(=O)O)CC3C4=CC=CC5CCCN(C45)C23)cc1. The third-order valence-corrected chi connectivity index (χ3v) is 6.51. The Morgan fingerprint density at radius 2 is 2.00 bits per heavy atom. The van der Waals surface area contributed by atoms with Crippen LogP contribution in [0.5, 0.6) is 0 Å². The van der Waals surface area contributed by atoms with Crippen LogP contribution in [0.4, 0.5) is 4.79 Å². The van der Waals surface area contributed by atoms with Crippen LogP contribution in [-0.2, 0) is 0 Å². The van der Waals surface area contributed by atoms with Crippen molar-refractivity contribution in [2.75, 3.05) is 13.1 Å². The lowest BCUT2D eigenvalue weighted by Crippen LogP contribution is -2.48. The van der Waals surface area contributed by atoms with Gasteiger partial charge in [-0.25, -0.2) is 4.79 Å². The second kappa shape index (κ2) is 5.85. The highest BCUT2D eigenvalue weighted by atomic mass is 16.4. The molecule has 3 aliphatic heterocycles. The highest BCUT2D eigenvalue weighted by molar-refractivity contribution is 5.77. The molecule has 1 aliphatic carbocycles. The number of rotatable bonds is 1. The normalized spacial score (nSPS) is 32.6. The van der Waals surface area contributed by atoms with Crippen molar-refractivity contribution in [1.82, 2.24) is 9.80 Å². The van der Waals surface area contributed by atoms with Crippen molar-refractivity contribution in [2.45, 2.75) is 31.8 Å². The Balaban J connectivity index is 1.63. The van der Waals surface area contributed by atoms with E-state index in [0.717, 1.165) is 17.7 Å². The van der Waals surface area contributed by atoms with Gasteiger partial charge in [0.2, 0.25) is 0 Å². The second-order valence-corrected chi connectivity index (χ2v) is 7.98. The minimum absolute atomic E-state index is 0.253. The third kappa shape index (κ3) is 2.28. The van der Waals surface area contributed by atoms with Gasteiger partial charge in [-0.1, -0.05) is 48.1 Å². The van der Waals surface area contributed by atoms with Crippen molar-refractivity contribution in [2.24, 2.45) is 11.8 Å². The minimum atomic E-state index is -0.860. The number of piperidine rings is 1. The summed E-state index contributed by atoms with van der Waals surface area (Å²) in [5.74, 6) is 0.829. The number of fused-ring (bicyclic) bond motifs is 3.